The lowest BCUT2D eigenvalue weighted by Gasteiger charge is -2.34. The van der Waals surface area contributed by atoms with Crippen LogP contribution in [0.5, 0.6) is 5.75 Å². The van der Waals surface area contributed by atoms with E-state index in [9.17, 15) is 9.90 Å². The van der Waals surface area contributed by atoms with Crippen molar-refractivity contribution in [2.45, 2.75) is 19.0 Å². The van der Waals surface area contributed by atoms with E-state index in [1.807, 2.05) is 36.5 Å². The zero-order valence-electron chi connectivity index (χ0n) is 16.2. The second-order valence-corrected chi connectivity index (χ2v) is 7.23. The first kappa shape index (κ1) is 19.2. The number of rotatable bonds is 6. The van der Waals surface area contributed by atoms with Crippen LogP contribution in [0, 0.1) is 5.92 Å². The predicted molar refractivity (Wildman–Crippen MR) is 108 cm³/mol. The Morgan fingerprint density at radius 3 is 3.07 bits per heavy atom. The highest BCUT2D eigenvalue weighted by Crippen LogP contribution is 2.27. The number of aliphatic carboxylic acids is 1. The Morgan fingerprint density at radius 2 is 2.28 bits per heavy atom. The van der Waals surface area contributed by atoms with Gasteiger partial charge in [0.25, 0.3) is 0 Å². The van der Waals surface area contributed by atoms with Crippen molar-refractivity contribution in [2.75, 3.05) is 25.5 Å². The minimum absolute atomic E-state index is 0.303. The van der Waals surface area contributed by atoms with Gasteiger partial charge in [-0.05, 0) is 30.2 Å². The number of likely N-dealkylation sites (tertiary alicyclic amines) is 1. The summed E-state index contributed by atoms with van der Waals surface area (Å²) in [7, 11) is 1.63. The minimum atomic E-state index is -0.840. The van der Waals surface area contributed by atoms with Crippen molar-refractivity contribution >= 4 is 23.0 Å². The Morgan fingerprint density at radius 1 is 1.41 bits per heavy atom. The predicted octanol–water partition coefficient (Wildman–Crippen LogP) is 1.72. The van der Waals surface area contributed by atoms with Gasteiger partial charge in [0.05, 0.1) is 13.0 Å². The molecule has 1 aliphatic heterocycles. The SMILES string of the molecule is COc1cccc(Nc2ncnn3ccc(CN4CC[C@@H](N)C(C(=O)O)C4)c23)c1. The van der Waals surface area contributed by atoms with Gasteiger partial charge in [-0.15, -0.1) is 0 Å². The number of piperidine rings is 1. The number of ether oxygens (including phenoxy) is 1. The molecule has 0 amide bonds. The third kappa shape index (κ3) is 4.01. The largest absolute Gasteiger partial charge is 0.497 e. The average molecular weight is 396 g/mol. The molecule has 9 heteroatoms. The number of aromatic nitrogens is 3. The first-order valence-electron chi connectivity index (χ1n) is 9.48. The molecular weight excluding hydrogens is 372 g/mol. The van der Waals surface area contributed by atoms with Gasteiger partial charge in [-0.25, -0.2) is 9.50 Å². The number of carboxylic acid groups (broad SMARTS) is 1. The number of hydrogen-bond donors (Lipinski definition) is 3. The van der Waals surface area contributed by atoms with E-state index in [1.165, 1.54) is 6.33 Å². The van der Waals surface area contributed by atoms with Gasteiger partial charge < -0.3 is 20.9 Å². The maximum Gasteiger partial charge on any atom is 0.309 e. The first-order chi connectivity index (χ1) is 14.0. The van der Waals surface area contributed by atoms with E-state index in [0.29, 0.717) is 25.3 Å². The highest BCUT2D eigenvalue weighted by molar-refractivity contribution is 5.76. The van der Waals surface area contributed by atoms with Gasteiger partial charge in [0, 0.05) is 43.6 Å². The van der Waals surface area contributed by atoms with Crippen molar-refractivity contribution in [3.8, 4) is 5.75 Å². The van der Waals surface area contributed by atoms with Crippen LogP contribution in [0.4, 0.5) is 11.5 Å². The van der Waals surface area contributed by atoms with Crippen LogP contribution in [0.15, 0.2) is 42.9 Å². The van der Waals surface area contributed by atoms with Crippen molar-refractivity contribution in [1.29, 1.82) is 0 Å². The number of nitrogens with zero attached hydrogens (tertiary/aromatic N) is 4. The van der Waals surface area contributed by atoms with Crippen molar-refractivity contribution in [3.05, 3.63) is 48.4 Å². The van der Waals surface area contributed by atoms with Gasteiger partial charge in [0.2, 0.25) is 0 Å². The summed E-state index contributed by atoms with van der Waals surface area (Å²) in [4.78, 5) is 18.0. The van der Waals surface area contributed by atoms with Crippen LogP contribution in [0.2, 0.25) is 0 Å². The normalized spacial score (nSPS) is 19.9. The lowest BCUT2D eigenvalue weighted by Crippen LogP contribution is -2.49. The van der Waals surface area contributed by atoms with Gasteiger partial charge >= 0.3 is 5.97 Å². The molecule has 3 heterocycles. The molecule has 2 atom stereocenters. The maximum absolute atomic E-state index is 11.5. The summed E-state index contributed by atoms with van der Waals surface area (Å²) >= 11 is 0. The lowest BCUT2D eigenvalue weighted by atomic mass is 9.93. The number of hydrogen-bond acceptors (Lipinski definition) is 7. The molecule has 1 aliphatic rings. The van der Waals surface area contributed by atoms with Crippen molar-refractivity contribution < 1.29 is 14.6 Å². The third-order valence-corrected chi connectivity index (χ3v) is 5.33. The van der Waals surface area contributed by atoms with Crippen LogP contribution in [-0.2, 0) is 11.3 Å². The van der Waals surface area contributed by atoms with Gasteiger partial charge in [0.15, 0.2) is 5.82 Å². The van der Waals surface area contributed by atoms with Gasteiger partial charge in [-0.1, -0.05) is 6.07 Å². The molecule has 1 saturated heterocycles. The number of carbonyl (C=O) groups is 1. The second-order valence-electron chi connectivity index (χ2n) is 7.23. The Hall–Kier alpha value is -3.17. The molecule has 2 aromatic heterocycles. The lowest BCUT2D eigenvalue weighted by molar-refractivity contribution is -0.144. The molecule has 29 heavy (non-hydrogen) atoms. The van der Waals surface area contributed by atoms with Crippen LogP contribution in [0.1, 0.15) is 12.0 Å². The molecular formula is C20H24N6O3. The number of benzene rings is 1. The summed E-state index contributed by atoms with van der Waals surface area (Å²) in [6.07, 6.45) is 4.04. The minimum Gasteiger partial charge on any atom is -0.497 e. The summed E-state index contributed by atoms with van der Waals surface area (Å²) in [5.74, 6) is 0.0349. The number of fused-ring (bicyclic) bond motifs is 1. The number of nitrogens with two attached hydrogens (primary N) is 1. The molecule has 0 aliphatic carbocycles. The van der Waals surface area contributed by atoms with E-state index in [2.05, 4.69) is 20.3 Å². The van der Waals surface area contributed by atoms with Crippen LogP contribution < -0.4 is 15.8 Å². The van der Waals surface area contributed by atoms with Crippen molar-refractivity contribution in [2.24, 2.45) is 11.7 Å². The van der Waals surface area contributed by atoms with E-state index in [4.69, 9.17) is 10.5 Å². The summed E-state index contributed by atoms with van der Waals surface area (Å²) in [5.41, 5.74) is 8.72. The molecule has 1 aromatic carbocycles. The topological polar surface area (TPSA) is 118 Å². The molecule has 1 fully saturated rings. The molecule has 152 valence electrons. The molecule has 3 aromatic rings. The molecule has 0 radical (unpaired) electrons. The third-order valence-electron chi connectivity index (χ3n) is 5.33. The van der Waals surface area contributed by atoms with Crippen LogP contribution in [-0.4, -0.2) is 56.8 Å². The van der Waals surface area contributed by atoms with Gasteiger partial charge in [-0.3, -0.25) is 9.69 Å². The summed E-state index contributed by atoms with van der Waals surface area (Å²) in [5, 5.41) is 17.1. The Kier molecular flexibility index (Phi) is 5.32. The van der Waals surface area contributed by atoms with Crippen molar-refractivity contribution in [3.63, 3.8) is 0 Å². The number of anilines is 2. The molecule has 1 unspecified atom stereocenters. The number of methoxy groups -OCH3 is 1. The fraction of sp³-hybridized carbons (Fsp3) is 0.350. The zero-order valence-corrected chi connectivity index (χ0v) is 16.2. The zero-order chi connectivity index (χ0) is 20.4. The standard InChI is InChI=1S/C20H24N6O3/c1-29-15-4-2-3-14(9-15)24-19-18-13(5-8-26(18)23-12-22-19)10-25-7-6-17(21)16(11-25)20(27)28/h2-5,8-9,12,16-17H,6-7,10-11,21H2,1H3,(H,27,28)(H,22,23,24)/t16?,17-/m1/s1. The smallest absolute Gasteiger partial charge is 0.309 e. The second kappa shape index (κ2) is 8.06. The average Bonchev–Trinajstić information content (AvgIpc) is 3.13. The molecule has 0 spiro atoms. The molecule has 4 N–H and O–H groups in total. The monoisotopic (exact) mass is 396 g/mol. The van der Waals surface area contributed by atoms with E-state index in [1.54, 1.807) is 11.6 Å². The highest BCUT2D eigenvalue weighted by atomic mass is 16.5. The van der Waals surface area contributed by atoms with Crippen LogP contribution >= 0.6 is 0 Å². The van der Waals surface area contributed by atoms with Crippen molar-refractivity contribution in [1.82, 2.24) is 19.5 Å². The molecule has 0 bridgehead atoms. The van der Waals surface area contributed by atoms with E-state index >= 15 is 0 Å². The fourth-order valence-corrected chi connectivity index (χ4v) is 3.76. The van der Waals surface area contributed by atoms with Gasteiger partial charge in [0.1, 0.15) is 17.6 Å². The summed E-state index contributed by atoms with van der Waals surface area (Å²) in [6.45, 7) is 1.79. The molecule has 9 nitrogen and oxygen atoms in total. The molecule has 4 rings (SSSR count). The van der Waals surface area contributed by atoms with Crippen LogP contribution in [0.3, 0.4) is 0 Å². The van der Waals surface area contributed by atoms with E-state index < -0.39 is 11.9 Å². The van der Waals surface area contributed by atoms with Gasteiger partial charge in [-0.2, -0.15) is 5.10 Å². The summed E-state index contributed by atoms with van der Waals surface area (Å²) in [6, 6.07) is 9.30. The van der Waals surface area contributed by atoms with Crippen LogP contribution in [0.25, 0.3) is 5.52 Å². The summed E-state index contributed by atoms with van der Waals surface area (Å²) < 4.78 is 7.06. The maximum atomic E-state index is 11.5. The Bertz CT molecular complexity index is 1020. The van der Waals surface area contributed by atoms with E-state index in [0.717, 1.165) is 29.1 Å². The molecule has 0 saturated carbocycles. The number of carboxylic acids is 1. The Balaban J connectivity index is 1.60. The first-order valence-corrected chi connectivity index (χ1v) is 9.48. The fourth-order valence-electron chi connectivity index (χ4n) is 3.76. The quantitative estimate of drug-likeness (QED) is 0.576. The Labute approximate surface area is 168 Å². The number of nitrogens with one attached hydrogen (secondary N) is 1. The highest BCUT2D eigenvalue weighted by Gasteiger charge is 2.32. The van der Waals surface area contributed by atoms with E-state index in [-0.39, 0.29) is 6.04 Å².